The Morgan fingerprint density at radius 1 is 1.21 bits per heavy atom. The molecule has 0 radical (unpaired) electrons. The molecule has 0 aliphatic rings. The van der Waals surface area contributed by atoms with Crippen LogP contribution in [0.5, 0.6) is 5.75 Å². The zero-order valence-corrected chi connectivity index (χ0v) is 17.5. The lowest BCUT2D eigenvalue weighted by molar-refractivity contribution is 0.415. The summed E-state index contributed by atoms with van der Waals surface area (Å²) >= 11 is 8.28. The van der Waals surface area contributed by atoms with Crippen LogP contribution in [0.15, 0.2) is 30.5 Å². The van der Waals surface area contributed by atoms with Crippen LogP contribution in [0.1, 0.15) is 19.4 Å². The summed E-state index contributed by atoms with van der Waals surface area (Å²) in [4.78, 5) is 8.66. The predicted octanol–water partition coefficient (Wildman–Crippen LogP) is 6.02. The molecule has 0 unspecified atom stereocenters. The molecule has 0 aliphatic heterocycles. The van der Waals surface area contributed by atoms with Crippen molar-refractivity contribution in [2.24, 2.45) is 0 Å². The summed E-state index contributed by atoms with van der Waals surface area (Å²) in [5.74, 6) is 1.50. The van der Waals surface area contributed by atoms with E-state index in [1.165, 1.54) is 0 Å². The summed E-state index contributed by atoms with van der Waals surface area (Å²) in [7, 11) is 3.18. The number of anilines is 2. The van der Waals surface area contributed by atoms with Crippen LogP contribution in [-0.2, 0) is 0 Å². The van der Waals surface area contributed by atoms with Crippen LogP contribution in [0.25, 0.3) is 11.0 Å². The van der Waals surface area contributed by atoms with Crippen LogP contribution in [0.3, 0.4) is 0 Å². The quantitative estimate of drug-likeness (QED) is 0.369. The third-order valence-corrected chi connectivity index (χ3v) is 5.07. The molecule has 0 saturated carbocycles. The second-order valence-corrected chi connectivity index (χ2v) is 6.65. The van der Waals surface area contributed by atoms with Crippen molar-refractivity contribution >= 4 is 64.5 Å². The minimum absolute atomic E-state index is 0.216. The summed E-state index contributed by atoms with van der Waals surface area (Å²) in [6.45, 7) is 6.03. The minimum atomic E-state index is 0.216. The Hall–Kier alpha value is -1.19. The molecule has 0 amide bonds. The Morgan fingerprint density at radius 3 is 2.46 bits per heavy atom. The Bertz CT molecular complexity index is 823. The number of fused-ring (bicyclic) bond motifs is 1. The molecule has 2 heterocycles. The van der Waals surface area contributed by atoms with Crippen LogP contribution < -0.4 is 10.1 Å². The second-order valence-electron chi connectivity index (χ2n) is 4.60. The summed E-state index contributed by atoms with van der Waals surface area (Å²) in [5, 5.41) is 4.48. The summed E-state index contributed by atoms with van der Waals surface area (Å²) in [6, 6.07) is 7.64. The highest BCUT2D eigenvalue weighted by molar-refractivity contribution is 14.2. The number of rotatable bonds is 4. The molecule has 0 bridgehead atoms. The standard InChI is InChI=1S/C14H12ClIN4OS.C2H6/c1-8-7-20(22-16)13-11(8)12(18-14(15)19-13)17-9-3-5-10(21-2)6-4-9;1-2/h3-7H,1-2H3,(H,17,18,19);1-2H3. The first-order chi connectivity index (χ1) is 11.6. The van der Waals surface area contributed by atoms with Crippen molar-refractivity contribution in [1.82, 2.24) is 13.9 Å². The second kappa shape index (κ2) is 8.77. The number of methoxy groups -OCH3 is 1. The van der Waals surface area contributed by atoms with Gasteiger partial charge < -0.3 is 10.1 Å². The van der Waals surface area contributed by atoms with Crippen LogP contribution in [0, 0.1) is 6.92 Å². The fraction of sp³-hybridized carbons (Fsp3) is 0.250. The van der Waals surface area contributed by atoms with Gasteiger partial charge in [-0.3, -0.25) is 3.97 Å². The number of ether oxygens (including phenoxy) is 1. The molecule has 0 atom stereocenters. The van der Waals surface area contributed by atoms with Gasteiger partial charge in [0, 0.05) is 42.2 Å². The van der Waals surface area contributed by atoms with E-state index in [9.17, 15) is 0 Å². The fourth-order valence-corrected chi connectivity index (χ4v) is 3.66. The Kier molecular flexibility index (Phi) is 7.00. The highest BCUT2D eigenvalue weighted by Gasteiger charge is 2.15. The Balaban J connectivity index is 0.00000100. The van der Waals surface area contributed by atoms with Crippen LogP contribution in [0.4, 0.5) is 11.5 Å². The topological polar surface area (TPSA) is 52.0 Å². The lowest BCUT2D eigenvalue weighted by atomic mass is 10.2. The molecule has 1 aromatic carbocycles. The van der Waals surface area contributed by atoms with Gasteiger partial charge in [0.25, 0.3) is 0 Å². The summed E-state index contributed by atoms with van der Waals surface area (Å²) in [5.41, 5.74) is 2.80. The monoisotopic (exact) mass is 476 g/mol. The average molecular weight is 477 g/mol. The van der Waals surface area contributed by atoms with Crippen LogP contribution in [-0.4, -0.2) is 21.1 Å². The Morgan fingerprint density at radius 2 is 1.88 bits per heavy atom. The van der Waals surface area contributed by atoms with Gasteiger partial charge in [-0.15, -0.1) is 0 Å². The molecule has 0 aliphatic carbocycles. The number of aromatic nitrogens is 3. The van der Waals surface area contributed by atoms with Crippen molar-refractivity contribution in [1.29, 1.82) is 0 Å². The van der Waals surface area contributed by atoms with E-state index >= 15 is 0 Å². The van der Waals surface area contributed by atoms with E-state index in [2.05, 4.69) is 36.5 Å². The molecule has 1 N–H and O–H groups in total. The first-order valence-electron chi connectivity index (χ1n) is 7.37. The van der Waals surface area contributed by atoms with Crippen molar-refractivity contribution in [3.05, 3.63) is 41.3 Å². The third-order valence-electron chi connectivity index (χ3n) is 3.20. The first kappa shape index (κ1) is 19.1. The van der Waals surface area contributed by atoms with Crippen molar-refractivity contribution in [3.8, 4) is 5.75 Å². The zero-order valence-electron chi connectivity index (χ0n) is 13.8. The number of benzene rings is 1. The lowest BCUT2D eigenvalue weighted by Crippen LogP contribution is -1.98. The fourth-order valence-electron chi connectivity index (χ4n) is 2.20. The molecule has 24 heavy (non-hydrogen) atoms. The van der Waals surface area contributed by atoms with E-state index in [1.807, 2.05) is 55.2 Å². The SMILES string of the molecule is CC.COc1ccc(Nc2nc(Cl)nc3c2c(C)cn3SI)cc1. The number of nitrogens with zero attached hydrogens (tertiary/aromatic N) is 3. The lowest BCUT2D eigenvalue weighted by Gasteiger charge is -2.09. The molecule has 0 fully saturated rings. The van der Waals surface area contributed by atoms with Crippen molar-refractivity contribution in [2.75, 3.05) is 12.4 Å². The van der Waals surface area contributed by atoms with Gasteiger partial charge in [0.05, 0.1) is 12.5 Å². The normalized spacial score (nSPS) is 10.2. The number of halogens is 2. The maximum Gasteiger partial charge on any atom is 0.226 e. The molecular weight excluding hydrogens is 459 g/mol. The van der Waals surface area contributed by atoms with Crippen molar-refractivity contribution in [3.63, 3.8) is 0 Å². The minimum Gasteiger partial charge on any atom is -0.497 e. The molecule has 0 saturated heterocycles. The zero-order chi connectivity index (χ0) is 17.7. The maximum atomic E-state index is 6.07. The van der Waals surface area contributed by atoms with E-state index in [4.69, 9.17) is 16.3 Å². The van der Waals surface area contributed by atoms with E-state index in [0.717, 1.165) is 28.0 Å². The third kappa shape index (κ3) is 4.07. The van der Waals surface area contributed by atoms with Gasteiger partial charge in [-0.25, -0.2) is 0 Å². The van der Waals surface area contributed by atoms with E-state index in [0.29, 0.717) is 5.82 Å². The summed E-state index contributed by atoms with van der Waals surface area (Å²) < 4.78 is 7.13. The highest BCUT2D eigenvalue weighted by atomic mass is 127. The number of aryl methyl sites for hydroxylation is 1. The maximum absolute atomic E-state index is 6.07. The van der Waals surface area contributed by atoms with Crippen molar-refractivity contribution in [2.45, 2.75) is 20.8 Å². The van der Waals surface area contributed by atoms with Gasteiger partial charge in [-0.05, 0) is 48.4 Å². The van der Waals surface area contributed by atoms with E-state index in [-0.39, 0.29) is 5.28 Å². The molecule has 0 spiro atoms. The number of hydrogen-bond donors (Lipinski definition) is 1. The van der Waals surface area contributed by atoms with Gasteiger partial charge in [0.15, 0.2) is 5.65 Å². The van der Waals surface area contributed by atoms with Gasteiger partial charge in [0.1, 0.15) is 11.6 Å². The van der Waals surface area contributed by atoms with Crippen LogP contribution >= 0.6 is 41.9 Å². The first-order valence-corrected chi connectivity index (χ1v) is 11.1. The molecule has 3 aromatic rings. The van der Waals surface area contributed by atoms with Crippen molar-refractivity contribution < 1.29 is 4.74 Å². The number of nitrogens with one attached hydrogen (secondary N) is 1. The molecule has 5 nitrogen and oxygen atoms in total. The molecule has 8 heteroatoms. The smallest absolute Gasteiger partial charge is 0.226 e. The van der Waals surface area contributed by atoms with E-state index in [1.54, 1.807) is 16.2 Å². The largest absolute Gasteiger partial charge is 0.497 e. The number of hydrogen-bond acceptors (Lipinski definition) is 5. The van der Waals surface area contributed by atoms with Gasteiger partial charge in [0.2, 0.25) is 5.28 Å². The summed E-state index contributed by atoms with van der Waals surface area (Å²) in [6.07, 6.45) is 2.02. The highest BCUT2D eigenvalue weighted by Crippen LogP contribution is 2.33. The van der Waals surface area contributed by atoms with E-state index < -0.39 is 0 Å². The molecule has 2 aromatic heterocycles. The molecule has 3 rings (SSSR count). The average Bonchev–Trinajstić information content (AvgIpc) is 2.93. The van der Waals surface area contributed by atoms with Gasteiger partial charge >= 0.3 is 0 Å². The molecular formula is C16H18ClIN4OS. The van der Waals surface area contributed by atoms with Gasteiger partial charge in [-0.2, -0.15) is 9.97 Å². The Labute approximate surface area is 162 Å². The van der Waals surface area contributed by atoms with Gasteiger partial charge in [-0.1, -0.05) is 13.8 Å². The van der Waals surface area contributed by atoms with Crippen LogP contribution in [0.2, 0.25) is 5.28 Å². The molecule has 128 valence electrons. The predicted molar refractivity (Wildman–Crippen MR) is 112 cm³/mol.